The highest BCUT2D eigenvalue weighted by molar-refractivity contribution is 5.46. The second kappa shape index (κ2) is 10.4. The molecule has 4 nitrogen and oxygen atoms in total. The van der Waals surface area contributed by atoms with Crippen molar-refractivity contribution in [3.8, 4) is 11.5 Å². The average Bonchev–Trinajstić information content (AvgIpc) is 3.16. The van der Waals surface area contributed by atoms with Crippen LogP contribution in [0.25, 0.3) is 0 Å². The van der Waals surface area contributed by atoms with Crippen molar-refractivity contribution < 1.29 is 13.9 Å². The lowest BCUT2D eigenvalue weighted by Gasteiger charge is -2.23. The van der Waals surface area contributed by atoms with E-state index >= 15 is 0 Å². The van der Waals surface area contributed by atoms with Crippen molar-refractivity contribution in [1.29, 1.82) is 0 Å². The Balaban J connectivity index is 1.67. The molecule has 5 heteroatoms. The number of ether oxygens (including phenoxy) is 2. The van der Waals surface area contributed by atoms with Gasteiger partial charge < -0.3 is 14.8 Å². The molecule has 28 heavy (non-hydrogen) atoms. The number of benzene rings is 2. The van der Waals surface area contributed by atoms with E-state index in [9.17, 15) is 4.39 Å². The van der Waals surface area contributed by atoms with Crippen molar-refractivity contribution in [3.63, 3.8) is 0 Å². The lowest BCUT2D eigenvalue weighted by molar-refractivity contribution is 0.255. The molecule has 1 N–H and O–H groups in total. The van der Waals surface area contributed by atoms with Crippen LogP contribution in [0.5, 0.6) is 11.5 Å². The molecular formula is C23H31FN2O2. The van der Waals surface area contributed by atoms with Gasteiger partial charge in [0.15, 0.2) is 11.5 Å². The monoisotopic (exact) mass is 386 g/mol. The smallest absolute Gasteiger partial charge is 0.166 e. The molecule has 3 rings (SSSR count). The van der Waals surface area contributed by atoms with Gasteiger partial charge in [0.2, 0.25) is 0 Å². The van der Waals surface area contributed by atoms with Crippen LogP contribution in [-0.4, -0.2) is 37.2 Å². The van der Waals surface area contributed by atoms with Crippen LogP contribution in [0, 0.1) is 5.82 Å². The van der Waals surface area contributed by atoms with E-state index in [0.29, 0.717) is 36.3 Å². The number of rotatable bonds is 10. The van der Waals surface area contributed by atoms with E-state index in [0.717, 1.165) is 18.7 Å². The fourth-order valence-corrected chi connectivity index (χ4v) is 3.81. The predicted molar refractivity (Wildman–Crippen MR) is 110 cm³/mol. The molecule has 1 heterocycles. The predicted octanol–water partition coefficient (Wildman–Crippen LogP) is 4.38. The molecular weight excluding hydrogens is 355 g/mol. The van der Waals surface area contributed by atoms with E-state index < -0.39 is 0 Å². The average molecular weight is 387 g/mol. The van der Waals surface area contributed by atoms with Crippen LogP contribution in [0.1, 0.15) is 37.8 Å². The van der Waals surface area contributed by atoms with Gasteiger partial charge in [-0.3, -0.25) is 4.90 Å². The zero-order valence-electron chi connectivity index (χ0n) is 16.9. The molecule has 1 saturated heterocycles. The minimum atomic E-state index is -0.253. The van der Waals surface area contributed by atoms with Gasteiger partial charge in [0.1, 0.15) is 12.4 Å². The summed E-state index contributed by atoms with van der Waals surface area (Å²) in [5, 5.41) is 3.58. The number of hydrogen-bond acceptors (Lipinski definition) is 4. The Morgan fingerprint density at radius 1 is 1.07 bits per heavy atom. The van der Waals surface area contributed by atoms with Gasteiger partial charge in [-0.15, -0.1) is 0 Å². The Morgan fingerprint density at radius 3 is 2.68 bits per heavy atom. The molecule has 0 radical (unpaired) electrons. The molecule has 0 aliphatic carbocycles. The second-order valence-corrected chi connectivity index (χ2v) is 7.11. The van der Waals surface area contributed by atoms with Crippen molar-refractivity contribution in [2.75, 3.05) is 26.2 Å². The maximum Gasteiger partial charge on any atom is 0.166 e. The molecule has 0 unspecified atom stereocenters. The molecule has 0 saturated carbocycles. The van der Waals surface area contributed by atoms with E-state index in [-0.39, 0.29) is 12.4 Å². The number of halogens is 1. The number of likely N-dealkylation sites (tertiary alicyclic amines) is 1. The summed E-state index contributed by atoms with van der Waals surface area (Å²) in [5.74, 6) is 1.14. The number of nitrogens with zero attached hydrogens (tertiary/aromatic N) is 1. The van der Waals surface area contributed by atoms with Crippen LogP contribution in [0.2, 0.25) is 0 Å². The van der Waals surface area contributed by atoms with Crippen molar-refractivity contribution >= 4 is 0 Å². The maximum atomic E-state index is 14.0. The largest absolute Gasteiger partial charge is 0.490 e. The third kappa shape index (κ3) is 5.24. The number of likely N-dealkylation sites (N-methyl/N-ethyl adjacent to an activating group) is 1. The summed E-state index contributed by atoms with van der Waals surface area (Å²) in [4.78, 5) is 2.53. The summed E-state index contributed by atoms with van der Waals surface area (Å²) in [6.07, 6.45) is 2.52. The lowest BCUT2D eigenvalue weighted by Crippen LogP contribution is -2.37. The van der Waals surface area contributed by atoms with Gasteiger partial charge in [0.05, 0.1) is 6.61 Å². The molecule has 0 bridgehead atoms. The van der Waals surface area contributed by atoms with Gasteiger partial charge in [-0.05, 0) is 45.0 Å². The first kappa shape index (κ1) is 20.6. The van der Waals surface area contributed by atoms with E-state index in [2.05, 4.69) is 17.1 Å². The van der Waals surface area contributed by atoms with Crippen molar-refractivity contribution in [2.45, 2.75) is 45.9 Å². The third-order valence-corrected chi connectivity index (χ3v) is 5.29. The van der Waals surface area contributed by atoms with Crippen molar-refractivity contribution in [2.24, 2.45) is 0 Å². The molecule has 2 aromatic rings. The van der Waals surface area contributed by atoms with E-state index in [1.165, 1.54) is 25.5 Å². The van der Waals surface area contributed by atoms with Crippen LogP contribution < -0.4 is 14.8 Å². The SMILES string of the molecule is CCOc1cccc(CNC[C@H]2CCCN2CC)c1OCc1ccccc1F. The quantitative estimate of drug-likeness (QED) is 0.657. The van der Waals surface area contributed by atoms with E-state index in [1.807, 2.05) is 31.2 Å². The second-order valence-electron chi connectivity index (χ2n) is 7.11. The highest BCUT2D eigenvalue weighted by Gasteiger charge is 2.22. The summed E-state index contributed by atoms with van der Waals surface area (Å²) in [5.41, 5.74) is 1.57. The van der Waals surface area contributed by atoms with Gasteiger partial charge in [0, 0.05) is 30.3 Å². The summed E-state index contributed by atoms with van der Waals surface area (Å²) in [6.45, 7) is 8.85. The van der Waals surface area contributed by atoms with Gasteiger partial charge in [-0.1, -0.05) is 37.3 Å². The molecule has 0 amide bonds. The first-order valence-corrected chi connectivity index (χ1v) is 10.3. The molecule has 1 aliphatic rings. The Morgan fingerprint density at radius 2 is 1.89 bits per heavy atom. The molecule has 152 valence electrons. The number of nitrogens with one attached hydrogen (secondary N) is 1. The number of para-hydroxylation sites is 1. The zero-order valence-corrected chi connectivity index (χ0v) is 16.9. The fraction of sp³-hybridized carbons (Fsp3) is 0.478. The highest BCUT2D eigenvalue weighted by Crippen LogP contribution is 2.32. The summed E-state index contributed by atoms with van der Waals surface area (Å²) < 4.78 is 25.8. The molecule has 1 aliphatic heterocycles. The minimum Gasteiger partial charge on any atom is -0.490 e. The van der Waals surface area contributed by atoms with Gasteiger partial charge in [-0.25, -0.2) is 4.39 Å². The van der Waals surface area contributed by atoms with Crippen LogP contribution in [0.3, 0.4) is 0 Å². The molecule has 1 fully saturated rings. The van der Waals surface area contributed by atoms with E-state index in [1.54, 1.807) is 12.1 Å². The first-order valence-electron chi connectivity index (χ1n) is 10.3. The van der Waals surface area contributed by atoms with Gasteiger partial charge in [-0.2, -0.15) is 0 Å². The Labute approximate surface area is 167 Å². The van der Waals surface area contributed by atoms with Crippen molar-refractivity contribution in [3.05, 3.63) is 59.4 Å². The first-order chi connectivity index (χ1) is 13.7. The summed E-state index contributed by atoms with van der Waals surface area (Å²) in [6, 6.07) is 13.2. The van der Waals surface area contributed by atoms with Crippen LogP contribution in [-0.2, 0) is 13.2 Å². The van der Waals surface area contributed by atoms with Gasteiger partial charge >= 0.3 is 0 Å². The summed E-state index contributed by atoms with van der Waals surface area (Å²) in [7, 11) is 0. The Bertz CT molecular complexity index is 753. The lowest BCUT2D eigenvalue weighted by atomic mass is 10.1. The standard InChI is InChI=1S/C23H31FN2O2/c1-3-26-14-8-11-20(26)16-25-15-18-10-7-13-22(27-4-2)23(18)28-17-19-9-5-6-12-21(19)24/h5-7,9-10,12-13,20,25H,3-4,8,11,14-17H2,1-2H3/t20-/m1/s1. The molecule has 1 atom stereocenters. The fourth-order valence-electron chi connectivity index (χ4n) is 3.81. The van der Waals surface area contributed by atoms with Crippen molar-refractivity contribution in [1.82, 2.24) is 10.2 Å². The normalized spacial score (nSPS) is 17.0. The third-order valence-electron chi connectivity index (χ3n) is 5.29. The molecule has 2 aromatic carbocycles. The minimum absolute atomic E-state index is 0.177. The maximum absolute atomic E-state index is 14.0. The zero-order chi connectivity index (χ0) is 19.8. The van der Waals surface area contributed by atoms with Crippen LogP contribution >= 0.6 is 0 Å². The molecule has 0 spiro atoms. The number of hydrogen-bond donors (Lipinski definition) is 1. The van der Waals surface area contributed by atoms with Crippen LogP contribution in [0.4, 0.5) is 4.39 Å². The summed E-state index contributed by atoms with van der Waals surface area (Å²) >= 11 is 0. The van der Waals surface area contributed by atoms with Crippen LogP contribution in [0.15, 0.2) is 42.5 Å². The van der Waals surface area contributed by atoms with E-state index in [4.69, 9.17) is 9.47 Å². The topological polar surface area (TPSA) is 33.7 Å². The highest BCUT2D eigenvalue weighted by atomic mass is 19.1. The Kier molecular flexibility index (Phi) is 7.69. The Hall–Kier alpha value is -2.11. The van der Waals surface area contributed by atoms with Gasteiger partial charge in [0.25, 0.3) is 0 Å². The molecule has 0 aromatic heterocycles.